The average molecular weight is 332 g/mol. The van der Waals surface area contributed by atoms with Gasteiger partial charge in [-0.2, -0.15) is 5.10 Å². The van der Waals surface area contributed by atoms with E-state index in [4.69, 9.17) is 0 Å². The van der Waals surface area contributed by atoms with E-state index in [9.17, 15) is 4.79 Å². The standard InChI is InChI=1S/C20H20N4O/c1-13-19-16(15-9-5-6-10-17(15)23-19)11-18(22-13)20(25)24-21-12-14-7-3-2-4-8-14/h2-10,12-13,18,22-23H,11H2,1H3,(H,24,25)/b21-12+/t13-,18-/m0/s1. The second-order valence-electron chi connectivity index (χ2n) is 6.35. The van der Waals surface area contributed by atoms with Crippen molar-refractivity contribution in [3.05, 3.63) is 71.4 Å². The van der Waals surface area contributed by atoms with Crippen molar-refractivity contribution in [2.75, 3.05) is 0 Å². The summed E-state index contributed by atoms with van der Waals surface area (Å²) >= 11 is 0. The molecule has 3 aromatic rings. The van der Waals surface area contributed by atoms with Gasteiger partial charge in [0.05, 0.1) is 12.3 Å². The molecule has 5 heteroatoms. The number of carbonyl (C=O) groups excluding carboxylic acids is 1. The van der Waals surface area contributed by atoms with Gasteiger partial charge in [-0.05, 0) is 30.5 Å². The third-order valence-electron chi connectivity index (χ3n) is 4.64. The molecule has 0 fully saturated rings. The predicted octanol–water partition coefficient (Wildman–Crippen LogP) is 2.89. The highest BCUT2D eigenvalue weighted by atomic mass is 16.2. The van der Waals surface area contributed by atoms with E-state index in [1.807, 2.05) is 42.5 Å². The first-order chi connectivity index (χ1) is 12.2. The number of benzene rings is 2. The van der Waals surface area contributed by atoms with Crippen molar-refractivity contribution < 1.29 is 4.79 Å². The molecule has 0 unspecified atom stereocenters. The number of H-pyrrole nitrogens is 1. The molecule has 25 heavy (non-hydrogen) atoms. The number of para-hydroxylation sites is 1. The summed E-state index contributed by atoms with van der Waals surface area (Å²) in [5, 5.41) is 8.63. The van der Waals surface area contributed by atoms with Crippen LogP contribution in [0.4, 0.5) is 0 Å². The van der Waals surface area contributed by atoms with E-state index < -0.39 is 0 Å². The van der Waals surface area contributed by atoms with Gasteiger partial charge in [0.2, 0.25) is 0 Å². The van der Waals surface area contributed by atoms with Crippen molar-refractivity contribution in [1.82, 2.24) is 15.7 Å². The smallest absolute Gasteiger partial charge is 0.257 e. The largest absolute Gasteiger partial charge is 0.357 e. The first-order valence-electron chi connectivity index (χ1n) is 8.46. The van der Waals surface area contributed by atoms with Crippen LogP contribution in [0.5, 0.6) is 0 Å². The Kier molecular flexibility index (Phi) is 4.07. The number of rotatable bonds is 3. The number of hydrogen-bond acceptors (Lipinski definition) is 3. The van der Waals surface area contributed by atoms with Crippen LogP contribution in [0.15, 0.2) is 59.7 Å². The van der Waals surface area contributed by atoms with Gasteiger partial charge in [0, 0.05) is 22.6 Å². The Balaban J connectivity index is 1.50. The second-order valence-corrected chi connectivity index (χ2v) is 6.35. The Morgan fingerprint density at radius 1 is 1.16 bits per heavy atom. The summed E-state index contributed by atoms with van der Waals surface area (Å²) in [5.41, 5.74) is 7.10. The van der Waals surface area contributed by atoms with E-state index in [2.05, 4.69) is 39.9 Å². The van der Waals surface area contributed by atoms with Crippen LogP contribution in [0.1, 0.15) is 29.8 Å². The molecule has 0 saturated heterocycles. The highest BCUT2D eigenvalue weighted by molar-refractivity contribution is 5.89. The average Bonchev–Trinajstić information content (AvgIpc) is 3.02. The van der Waals surface area contributed by atoms with Gasteiger partial charge in [0.25, 0.3) is 5.91 Å². The first kappa shape index (κ1) is 15.6. The fourth-order valence-electron chi connectivity index (χ4n) is 3.41. The quantitative estimate of drug-likeness (QED) is 0.510. The monoisotopic (exact) mass is 332 g/mol. The van der Waals surface area contributed by atoms with Crippen LogP contribution in [0.25, 0.3) is 10.9 Å². The minimum Gasteiger partial charge on any atom is -0.357 e. The Bertz CT molecular complexity index is 929. The lowest BCUT2D eigenvalue weighted by Crippen LogP contribution is -2.47. The minimum atomic E-state index is -0.297. The molecule has 4 rings (SSSR count). The highest BCUT2D eigenvalue weighted by Gasteiger charge is 2.30. The van der Waals surface area contributed by atoms with Gasteiger partial charge in [-0.15, -0.1) is 0 Å². The van der Waals surface area contributed by atoms with Crippen molar-refractivity contribution in [3.8, 4) is 0 Å². The van der Waals surface area contributed by atoms with Gasteiger partial charge < -0.3 is 4.98 Å². The maximum atomic E-state index is 12.5. The molecule has 0 spiro atoms. The van der Waals surface area contributed by atoms with E-state index in [-0.39, 0.29) is 18.0 Å². The number of aromatic nitrogens is 1. The zero-order valence-electron chi connectivity index (χ0n) is 14.0. The third-order valence-corrected chi connectivity index (χ3v) is 4.64. The van der Waals surface area contributed by atoms with Crippen molar-refractivity contribution in [3.63, 3.8) is 0 Å². The van der Waals surface area contributed by atoms with Crippen molar-refractivity contribution in [1.29, 1.82) is 0 Å². The van der Waals surface area contributed by atoms with E-state index in [1.165, 1.54) is 10.9 Å². The zero-order valence-corrected chi connectivity index (χ0v) is 14.0. The summed E-state index contributed by atoms with van der Waals surface area (Å²) in [6.07, 6.45) is 2.30. The van der Waals surface area contributed by atoms with Gasteiger partial charge in [-0.25, -0.2) is 5.43 Å². The molecule has 2 heterocycles. The molecule has 5 nitrogen and oxygen atoms in total. The zero-order chi connectivity index (χ0) is 17.2. The van der Waals surface area contributed by atoms with Crippen LogP contribution in [-0.4, -0.2) is 23.1 Å². The summed E-state index contributed by atoms with van der Waals surface area (Å²) in [6, 6.07) is 17.7. The molecular weight excluding hydrogens is 312 g/mol. The van der Waals surface area contributed by atoms with Gasteiger partial charge >= 0.3 is 0 Å². The Labute approximate surface area is 146 Å². The maximum Gasteiger partial charge on any atom is 0.257 e. The molecule has 0 radical (unpaired) electrons. The van der Waals surface area contributed by atoms with Crippen LogP contribution in [-0.2, 0) is 11.2 Å². The van der Waals surface area contributed by atoms with Crippen LogP contribution < -0.4 is 10.7 Å². The molecule has 1 aromatic heterocycles. The number of fused-ring (bicyclic) bond motifs is 3. The topological polar surface area (TPSA) is 69.3 Å². The molecule has 1 aliphatic heterocycles. The van der Waals surface area contributed by atoms with Gasteiger partial charge in [-0.1, -0.05) is 48.5 Å². The molecule has 2 atom stereocenters. The van der Waals surface area contributed by atoms with E-state index in [1.54, 1.807) is 6.21 Å². The van der Waals surface area contributed by atoms with Gasteiger partial charge in [-0.3, -0.25) is 10.1 Å². The molecule has 126 valence electrons. The minimum absolute atomic E-state index is 0.0880. The summed E-state index contributed by atoms with van der Waals surface area (Å²) in [6.45, 7) is 2.07. The van der Waals surface area contributed by atoms with Crippen LogP contribution in [0, 0.1) is 0 Å². The molecule has 0 bridgehead atoms. The van der Waals surface area contributed by atoms with Crippen LogP contribution >= 0.6 is 0 Å². The lowest BCUT2D eigenvalue weighted by molar-refractivity contribution is -0.123. The lowest BCUT2D eigenvalue weighted by atomic mass is 9.94. The van der Waals surface area contributed by atoms with Crippen LogP contribution in [0.3, 0.4) is 0 Å². The van der Waals surface area contributed by atoms with E-state index in [0.29, 0.717) is 6.42 Å². The third kappa shape index (κ3) is 3.06. The lowest BCUT2D eigenvalue weighted by Gasteiger charge is -2.27. The number of hydrazone groups is 1. The number of nitrogens with one attached hydrogen (secondary N) is 3. The molecule has 0 aliphatic carbocycles. The summed E-state index contributed by atoms with van der Waals surface area (Å²) in [5.74, 6) is -0.116. The second kappa shape index (κ2) is 6.53. The Hall–Kier alpha value is -2.92. The number of amides is 1. The van der Waals surface area contributed by atoms with Crippen LogP contribution in [0.2, 0.25) is 0 Å². The molecule has 2 aromatic carbocycles. The molecule has 0 saturated carbocycles. The van der Waals surface area contributed by atoms with Gasteiger partial charge in [0.15, 0.2) is 0 Å². The number of nitrogens with zero attached hydrogens (tertiary/aromatic N) is 1. The highest BCUT2D eigenvalue weighted by Crippen LogP contribution is 2.31. The maximum absolute atomic E-state index is 12.5. The fourth-order valence-corrected chi connectivity index (χ4v) is 3.41. The molecule has 3 N–H and O–H groups in total. The number of carbonyl (C=O) groups is 1. The van der Waals surface area contributed by atoms with Crippen molar-refractivity contribution >= 4 is 23.0 Å². The normalized spacial score (nSPS) is 19.9. The Morgan fingerprint density at radius 3 is 2.76 bits per heavy atom. The molecule has 1 aliphatic rings. The SMILES string of the molecule is C[C@@H]1N[C@H](C(=O)N/N=C/c2ccccc2)Cc2c1[nH]c1ccccc21. The van der Waals surface area contributed by atoms with E-state index >= 15 is 0 Å². The predicted molar refractivity (Wildman–Crippen MR) is 99.5 cm³/mol. The van der Waals surface area contributed by atoms with E-state index in [0.717, 1.165) is 16.8 Å². The van der Waals surface area contributed by atoms with Gasteiger partial charge in [0.1, 0.15) is 0 Å². The summed E-state index contributed by atoms with van der Waals surface area (Å²) in [7, 11) is 0. The van der Waals surface area contributed by atoms with Crippen molar-refractivity contribution in [2.24, 2.45) is 5.10 Å². The fraction of sp³-hybridized carbons (Fsp3) is 0.200. The first-order valence-corrected chi connectivity index (χ1v) is 8.46. The number of aromatic amines is 1. The number of hydrogen-bond donors (Lipinski definition) is 3. The summed E-state index contributed by atoms with van der Waals surface area (Å²) in [4.78, 5) is 16.0. The molecule has 1 amide bonds. The molecular formula is C20H20N4O. The Morgan fingerprint density at radius 2 is 1.92 bits per heavy atom. The summed E-state index contributed by atoms with van der Waals surface area (Å²) < 4.78 is 0. The van der Waals surface area contributed by atoms with Crippen molar-refractivity contribution in [2.45, 2.75) is 25.4 Å².